The first-order valence-electron chi connectivity index (χ1n) is 12.1. The van der Waals surface area contributed by atoms with Crippen molar-refractivity contribution in [2.75, 3.05) is 31.5 Å². The van der Waals surface area contributed by atoms with Gasteiger partial charge in [0.25, 0.3) is 0 Å². The summed E-state index contributed by atoms with van der Waals surface area (Å²) in [6, 6.07) is 6.65. The van der Waals surface area contributed by atoms with Crippen molar-refractivity contribution in [3.05, 3.63) is 53.5 Å². The lowest BCUT2D eigenvalue weighted by Gasteiger charge is -2.25. The van der Waals surface area contributed by atoms with Gasteiger partial charge in [-0.25, -0.2) is 4.98 Å². The molecule has 0 spiro atoms. The van der Waals surface area contributed by atoms with Crippen molar-refractivity contribution >= 4 is 23.6 Å². The summed E-state index contributed by atoms with van der Waals surface area (Å²) >= 11 is 0. The number of carboxylic acid groups (broad SMARTS) is 1. The van der Waals surface area contributed by atoms with Crippen molar-refractivity contribution in [3.8, 4) is 0 Å². The molecule has 184 valence electrons. The molecule has 10 heteroatoms. The predicted molar refractivity (Wildman–Crippen MR) is 127 cm³/mol. The second kappa shape index (κ2) is 9.99. The molecule has 5 heterocycles. The Balaban J connectivity index is 1.21. The molecule has 0 aliphatic carbocycles. The first kappa shape index (κ1) is 23.2. The maximum Gasteiger partial charge on any atom is 0.305 e. The van der Waals surface area contributed by atoms with Crippen LogP contribution in [0.2, 0.25) is 0 Å². The molecule has 2 aromatic rings. The summed E-state index contributed by atoms with van der Waals surface area (Å²) in [4.78, 5) is 49.9. The minimum Gasteiger partial charge on any atom is -0.481 e. The molecule has 3 aliphatic rings. The van der Waals surface area contributed by atoms with Gasteiger partial charge in [-0.05, 0) is 49.1 Å². The van der Waals surface area contributed by atoms with Gasteiger partial charge in [-0.15, -0.1) is 0 Å². The standard InChI is InChI=1S/C25H30N6O4/c32-21(29-20(11-22(33)34)17-4-1-8-26-12-17)15-31-13-18-7-10-30(23(18)25(31)35)14-19-6-5-16-3-2-9-27-24(16)28-19/h1,4-6,8,12,18,20,23H,2-3,7,9-11,13-15H2,(H,27,28)(H,29,32)(H,33,34). The van der Waals surface area contributed by atoms with E-state index in [0.29, 0.717) is 18.7 Å². The van der Waals surface area contributed by atoms with Crippen LogP contribution in [-0.4, -0.2) is 74.9 Å². The summed E-state index contributed by atoms with van der Waals surface area (Å²) < 4.78 is 0. The summed E-state index contributed by atoms with van der Waals surface area (Å²) in [6.07, 6.45) is 5.92. The minimum absolute atomic E-state index is 0.0464. The third-order valence-electron chi connectivity index (χ3n) is 7.10. The molecule has 0 radical (unpaired) electrons. The van der Waals surface area contributed by atoms with Gasteiger partial charge in [0, 0.05) is 37.9 Å². The van der Waals surface area contributed by atoms with Gasteiger partial charge < -0.3 is 20.6 Å². The van der Waals surface area contributed by atoms with Crippen LogP contribution in [0.5, 0.6) is 0 Å². The lowest BCUT2D eigenvalue weighted by Crippen LogP contribution is -2.44. The Kier molecular flexibility index (Phi) is 6.63. The second-order valence-corrected chi connectivity index (χ2v) is 9.53. The number of carboxylic acids is 1. The van der Waals surface area contributed by atoms with Crippen molar-refractivity contribution in [3.63, 3.8) is 0 Å². The Labute approximate surface area is 203 Å². The number of aliphatic carboxylic acids is 1. The molecule has 3 aliphatic heterocycles. The van der Waals surface area contributed by atoms with Crippen LogP contribution in [0.1, 0.15) is 42.1 Å². The maximum atomic E-state index is 13.3. The van der Waals surface area contributed by atoms with Crippen molar-refractivity contribution in [1.29, 1.82) is 0 Å². The molecule has 2 aromatic heterocycles. The number of aryl methyl sites for hydroxylation is 1. The molecule has 2 fully saturated rings. The molecule has 3 N–H and O–H groups in total. The molecule has 3 atom stereocenters. The van der Waals surface area contributed by atoms with E-state index >= 15 is 0 Å². The van der Waals surface area contributed by atoms with Gasteiger partial charge >= 0.3 is 5.97 Å². The fraction of sp³-hybridized carbons (Fsp3) is 0.480. The van der Waals surface area contributed by atoms with Crippen LogP contribution >= 0.6 is 0 Å². The van der Waals surface area contributed by atoms with E-state index in [0.717, 1.165) is 43.9 Å². The van der Waals surface area contributed by atoms with Crippen LogP contribution in [0.25, 0.3) is 0 Å². The largest absolute Gasteiger partial charge is 0.481 e. The van der Waals surface area contributed by atoms with E-state index in [1.54, 1.807) is 29.4 Å². The van der Waals surface area contributed by atoms with E-state index in [-0.39, 0.29) is 36.7 Å². The van der Waals surface area contributed by atoms with Crippen LogP contribution in [0, 0.1) is 5.92 Å². The quantitative estimate of drug-likeness (QED) is 0.517. The minimum atomic E-state index is -1.02. The number of rotatable bonds is 8. The molecule has 2 saturated heterocycles. The SMILES string of the molecule is O=C(O)CC(NC(=O)CN1CC2CCN(Cc3ccc4c(n3)NCCC4)C2C1=O)c1cccnc1. The van der Waals surface area contributed by atoms with Gasteiger partial charge in [0.15, 0.2) is 0 Å². The number of likely N-dealkylation sites (tertiary alicyclic amines) is 2. The number of carbonyl (C=O) groups is 3. The van der Waals surface area contributed by atoms with Crippen LogP contribution in [0.4, 0.5) is 5.82 Å². The fourth-order valence-electron chi connectivity index (χ4n) is 5.44. The summed E-state index contributed by atoms with van der Waals surface area (Å²) in [5.74, 6) is -0.311. The Morgan fingerprint density at radius 1 is 1.29 bits per heavy atom. The average Bonchev–Trinajstić information content (AvgIpc) is 3.38. The zero-order valence-electron chi connectivity index (χ0n) is 19.5. The number of hydrogen-bond donors (Lipinski definition) is 3. The Morgan fingerprint density at radius 2 is 2.17 bits per heavy atom. The van der Waals surface area contributed by atoms with Gasteiger partial charge in [0.05, 0.1) is 30.7 Å². The molecule has 0 bridgehead atoms. The monoisotopic (exact) mass is 478 g/mol. The third-order valence-corrected chi connectivity index (χ3v) is 7.10. The zero-order chi connectivity index (χ0) is 24.4. The second-order valence-electron chi connectivity index (χ2n) is 9.53. The topological polar surface area (TPSA) is 128 Å². The number of hydrogen-bond acceptors (Lipinski definition) is 7. The number of anilines is 1. The van der Waals surface area contributed by atoms with E-state index in [1.165, 1.54) is 5.56 Å². The molecular formula is C25H30N6O4. The van der Waals surface area contributed by atoms with Gasteiger partial charge in [0.2, 0.25) is 11.8 Å². The van der Waals surface area contributed by atoms with E-state index in [9.17, 15) is 19.5 Å². The first-order chi connectivity index (χ1) is 17.0. The summed E-state index contributed by atoms with van der Waals surface area (Å²) in [5.41, 5.74) is 2.79. The van der Waals surface area contributed by atoms with E-state index in [4.69, 9.17) is 4.98 Å². The van der Waals surface area contributed by atoms with Crippen LogP contribution in [-0.2, 0) is 27.3 Å². The number of fused-ring (bicyclic) bond motifs is 2. The Bertz CT molecular complexity index is 1110. The van der Waals surface area contributed by atoms with E-state index < -0.39 is 12.0 Å². The summed E-state index contributed by atoms with van der Waals surface area (Å²) in [6.45, 7) is 2.81. The molecule has 0 aromatic carbocycles. The molecule has 3 unspecified atom stereocenters. The molecule has 5 rings (SSSR count). The number of carbonyl (C=O) groups excluding carboxylic acids is 2. The third kappa shape index (κ3) is 5.12. The van der Waals surface area contributed by atoms with Crippen LogP contribution in [0.3, 0.4) is 0 Å². The fourth-order valence-corrected chi connectivity index (χ4v) is 5.44. The number of pyridine rings is 2. The smallest absolute Gasteiger partial charge is 0.305 e. The lowest BCUT2D eigenvalue weighted by atomic mass is 10.0. The molecule has 0 saturated carbocycles. The highest BCUT2D eigenvalue weighted by molar-refractivity contribution is 5.90. The van der Waals surface area contributed by atoms with Crippen LogP contribution < -0.4 is 10.6 Å². The highest BCUT2D eigenvalue weighted by Crippen LogP contribution is 2.33. The predicted octanol–water partition coefficient (Wildman–Crippen LogP) is 1.20. The van der Waals surface area contributed by atoms with Crippen molar-refractivity contribution in [2.45, 2.75) is 44.3 Å². The Morgan fingerprint density at radius 3 is 2.97 bits per heavy atom. The number of aromatic nitrogens is 2. The van der Waals surface area contributed by atoms with Crippen molar-refractivity contribution in [2.24, 2.45) is 5.92 Å². The highest BCUT2D eigenvalue weighted by Gasteiger charge is 2.48. The van der Waals surface area contributed by atoms with Gasteiger partial charge in [0.1, 0.15) is 5.82 Å². The first-order valence-corrected chi connectivity index (χ1v) is 12.1. The lowest BCUT2D eigenvalue weighted by molar-refractivity contribution is -0.139. The normalized spacial score (nSPS) is 22.3. The van der Waals surface area contributed by atoms with Gasteiger partial charge in [-0.3, -0.25) is 24.3 Å². The maximum absolute atomic E-state index is 13.3. The van der Waals surface area contributed by atoms with Crippen molar-refractivity contribution < 1.29 is 19.5 Å². The number of nitrogens with one attached hydrogen (secondary N) is 2. The molecule has 35 heavy (non-hydrogen) atoms. The Hall–Kier alpha value is -3.53. The van der Waals surface area contributed by atoms with Crippen LogP contribution in [0.15, 0.2) is 36.7 Å². The van der Waals surface area contributed by atoms with Crippen molar-refractivity contribution in [1.82, 2.24) is 25.1 Å². The van der Waals surface area contributed by atoms with Gasteiger partial charge in [-0.2, -0.15) is 0 Å². The zero-order valence-corrected chi connectivity index (χ0v) is 19.5. The summed E-state index contributed by atoms with van der Waals surface area (Å²) in [5, 5.41) is 15.4. The number of amides is 2. The average molecular weight is 479 g/mol. The molecule has 10 nitrogen and oxygen atoms in total. The summed E-state index contributed by atoms with van der Waals surface area (Å²) in [7, 11) is 0. The van der Waals surface area contributed by atoms with E-state index in [1.807, 2.05) is 6.07 Å². The highest BCUT2D eigenvalue weighted by atomic mass is 16.4. The number of nitrogens with zero attached hydrogens (tertiary/aromatic N) is 4. The molecule has 2 amide bonds. The van der Waals surface area contributed by atoms with E-state index in [2.05, 4.69) is 26.6 Å². The van der Waals surface area contributed by atoms with Gasteiger partial charge in [-0.1, -0.05) is 12.1 Å². The molecular weight excluding hydrogens is 448 g/mol.